The molecule has 4 N–H and O–H groups in total. The van der Waals surface area contributed by atoms with Crippen LogP contribution in [0.3, 0.4) is 0 Å². The zero-order valence-electron chi connectivity index (χ0n) is 9.84. The van der Waals surface area contributed by atoms with Gasteiger partial charge >= 0.3 is 0 Å². The Hall–Kier alpha value is -2.11. The average molecular weight is 236 g/mol. The van der Waals surface area contributed by atoms with Crippen LogP contribution in [0.2, 0.25) is 0 Å². The van der Waals surface area contributed by atoms with E-state index in [2.05, 4.69) is 15.5 Å². The summed E-state index contributed by atoms with van der Waals surface area (Å²) in [6, 6.07) is 3.23. The number of nitrogens with one attached hydrogen (secondary N) is 1. The van der Waals surface area contributed by atoms with E-state index in [0.29, 0.717) is 5.56 Å². The summed E-state index contributed by atoms with van der Waals surface area (Å²) < 4.78 is 0. The molecule has 1 rings (SSSR count). The first kappa shape index (κ1) is 13.0. The fourth-order valence-corrected chi connectivity index (χ4v) is 1.13. The normalized spacial score (nSPS) is 12.2. The molecule has 0 unspecified atom stereocenters. The van der Waals surface area contributed by atoms with Gasteiger partial charge < -0.3 is 16.3 Å². The Balaban J connectivity index is 2.61. The molecule has 0 aliphatic carbocycles. The number of amides is 1. The largest absolute Gasteiger partial charge is 0.409 e. The Morgan fingerprint density at radius 2 is 2.12 bits per heavy atom. The van der Waals surface area contributed by atoms with Gasteiger partial charge in [0, 0.05) is 29.9 Å². The molecule has 0 saturated heterocycles. The van der Waals surface area contributed by atoms with Gasteiger partial charge in [0.25, 0.3) is 5.91 Å². The number of carbonyl (C=O) groups is 1. The highest BCUT2D eigenvalue weighted by Gasteiger charge is 2.24. The molecule has 0 spiro atoms. The van der Waals surface area contributed by atoms with Crippen molar-refractivity contribution in [1.82, 2.24) is 10.3 Å². The number of amidine groups is 1. The zero-order chi connectivity index (χ0) is 12.9. The SMILES string of the molecule is CC(C)(CNC(=O)c1ccncc1)/C(N)=N/O. The molecule has 0 fully saturated rings. The van der Waals surface area contributed by atoms with Crippen molar-refractivity contribution in [3.8, 4) is 0 Å². The fourth-order valence-electron chi connectivity index (χ4n) is 1.13. The minimum atomic E-state index is -0.600. The van der Waals surface area contributed by atoms with Gasteiger partial charge in [0.15, 0.2) is 0 Å². The number of carbonyl (C=O) groups excluding carboxylic acids is 1. The summed E-state index contributed by atoms with van der Waals surface area (Å²) in [6.07, 6.45) is 3.09. The number of rotatable bonds is 4. The topological polar surface area (TPSA) is 101 Å². The molecule has 0 bridgehead atoms. The lowest BCUT2D eigenvalue weighted by atomic mass is 9.92. The molecule has 6 heteroatoms. The van der Waals surface area contributed by atoms with Gasteiger partial charge in [-0.1, -0.05) is 19.0 Å². The van der Waals surface area contributed by atoms with Crippen molar-refractivity contribution in [2.24, 2.45) is 16.3 Å². The van der Waals surface area contributed by atoms with Gasteiger partial charge in [0.05, 0.1) is 0 Å². The van der Waals surface area contributed by atoms with E-state index in [1.165, 1.54) is 0 Å². The molecule has 6 nitrogen and oxygen atoms in total. The predicted octanol–water partition coefficient (Wildman–Crippen LogP) is 0.584. The Bertz CT molecular complexity index is 415. The van der Waals surface area contributed by atoms with Gasteiger partial charge in [-0.05, 0) is 12.1 Å². The van der Waals surface area contributed by atoms with Gasteiger partial charge in [0.1, 0.15) is 5.84 Å². The third-order valence-corrected chi connectivity index (χ3v) is 2.43. The monoisotopic (exact) mass is 236 g/mol. The van der Waals surface area contributed by atoms with Crippen LogP contribution in [0.1, 0.15) is 24.2 Å². The summed E-state index contributed by atoms with van der Waals surface area (Å²) in [4.78, 5) is 15.5. The Morgan fingerprint density at radius 1 is 1.53 bits per heavy atom. The Morgan fingerprint density at radius 3 is 2.65 bits per heavy atom. The second kappa shape index (κ2) is 5.29. The molecule has 17 heavy (non-hydrogen) atoms. The number of pyridine rings is 1. The van der Waals surface area contributed by atoms with E-state index in [-0.39, 0.29) is 18.3 Å². The van der Waals surface area contributed by atoms with Gasteiger partial charge in [0.2, 0.25) is 0 Å². The third-order valence-electron chi connectivity index (χ3n) is 2.43. The third kappa shape index (κ3) is 3.44. The number of aromatic nitrogens is 1. The summed E-state index contributed by atoms with van der Waals surface area (Å²) >= 11 is 0. The summed E-state index contributed by atoms with van der Waals surface area (Å²) in [5.41, 5.74) is 5.44. The molecule has 0 aliphatic heterocycles. The second-order valence-electron chi connectivity index (χ2n) is 4.29. The number of nitrogens with two attached hydrogens (primary N) is 1. The molecule has 1 aromatic rings. The van der Waals surface area contributed by atoms with Crippen molar-refractivity contribution in [2.45, 2.75) is 13.8 Å². The van der Waals surface area contributed by atoms with Crippen LogP contribution in [0.25, 0.3) is 0 Å². The highest BCUT2D eigenvalue weighted by molar-refractivity contribution is 5.94. The number of hydrogen-bond acceptors (Lipinski definition) is 4. The summed E-state index contributed by atoms with van der Waals surface area (Å²) in [5, 5.41) is 14.3. The van der Waals surface area contributed by atoms with E-state index in [1.54, 1.807) is 38.4 Å². The minimum Gasteiger partial charge on any atom is -0.409 e. The molecular formula is C11H16N4O2. The molecule has 1 aromatic heterocycles. The van der Waals surface area contributed by atoms with Crippen LogP contribution in [0.4, 0.5) is 0 Å². The first-order valence-corrected chi connectivity index (χ1v) is 5.13. The zero-order valence-corrected chi connectivity index (χ0v) is 9.84. The van der Waals surface area contributed by atoms with Crippen molar-refractivity contribution < 1.29 is 10.0 Å². The van der Waals surface area contributed by atoms with Gasteiger partial charge in [-0.25, -0.2) is 0 Å². The second-order valence-corrected chi connectivity index (χ2v) is 4.29. The molecular weight excluding hydrogens is 220 g/mol. The van der Waals surface area contributed by atoms with Crippen molar-refractivity contribution in [2.75, 3.05) is 6.54 Å². The van der Waals surface area contributed by atoms with Gasteiger partial charge in [-0.2, -0.15) is 0 Å². The molecule has 92 valence electrons. The van der Waals surface area contributed by atoms with Crippen LogP contribution in [0.5, 0.6) is 0 Å². The van der Waals surface area contributed by atoms with Crippen LogP contribution < -0.4 is 11.1 Å². The van der Waals surface area contributed by atoms with E-state index < -0.39 is 5.41 Å². The van der Waals surface area contributed by atoms with E-state index in [0.717, 1.165) is 0 Å². The van der Waals surface area contributed by atoms with Crippen LogP contribution in [-0.4, -0.2) is 28.5 Å². The quantitative estimate of drug-likeness (QED) is 0.308. The first-order chi connectivity index (χ1) is 7.97. The Labute approximate surface area is 99.5 Å². The maximum Gasteiger partial charge on any atom is 0.251 e. The summed E-state index contributed by atoms with van der Waals surface area (Å²) in [6.45, 7) is 3.83. The Kier molecular flexibility index (Phi) is 4.03. The van der Waals surface area contributed by atoms with Gasteiger partial charge in [-0.15, -0.1) is 0 Å². The maximum atomic E-state index is 11.7. The first-order valence-electron chi connectivity index (χ1n) is 5.13. The maximum absolute atomic E-state index is 11.7. The lowest BCUT2D eigenvalue weighted by molar-refractivity contribution is 0.0944. The van der Waals surface area contributed by atoms with Crippen LogP contribution in [-0.2, 0) is 0 Å². The van der Waals surface area contributed by atoms with Crippen molar-refractivity contribution in [3.63, 3.8) is 0 Å². The van der Waals surface area contributed by atoms with Crippen molar-refractivity contribution in [3.05, 3.63) is 30.1 Å². The predicted molar refractivity (Wildman–Crippen MR) is 63.8 cm³/mol. The fraction of sp³-hybridized carbons (Fsp3) is 0.364. The highest BCUT2D eigenvalue weighted by atomic mass is 16.4. The lowest BCUT2D eigenvalue weighted by Gasteiger charge is -2.23. The average Bonchev–Trinajstić information content (AvgIpc) is 2.36. The van der Waals surface area contributed by atoms with Crippen LogP contribution in [0.15, 0.2) is 29.7 Å². The minimum absolute atomic E-state index is 0.0764. The molecule has 1 amide bonds. The summed E-state index contributed by atoms with van der Waals surface area (Å²) in [5.74, 6) is -0.140. The molecule has 0 radical (unpaired) electrons. The molecule has 0 atom stereocenters. The van der Waals surface area contributed by atoms with Crippen molar-refractivity contribution in [1.29, 1.82) is 0 Å². The van der Waals surface area contributed by atoms with E-state index in [9.17, 15) is 4.79 Å². The molecule has 0 aromatic carbocycles. The lowest BCUT2D eigenvalue weighted by Crippen LogP contribution is -2.42. The molecule has 1 heterocycles. The highest BCUT2D eigenvalue weighted by Crippen LogP contribution is 2.13. The van der Waals surface area contributed by atoms with E-state index in [4.69, 9.17) is 10.9 Å². The summed E-state index contributed by atoms with van der Waals surface area (Å²) in [7, 11) is 0. The molecule has 0 saturated carbocycles. The number of nitrogens with zero attached hydrogens (tertiary/aromatic N) is 2. The van der Waals surface area contributed by atoms with Gasteiger partial charge in [-0.3, -0.25) is 9.78 Å². The number of hydrogen-bond donors (Lipinski definition) is 3. The number of oxime groups is 1. The standard InChI is InChI=1S/C11H16N4O2/c1-11(2,10(12)15-17)7-14-9(16)8-3-5-13-6-4-8/h3-6,17H,7H2,1-2H3,(H2,12,15)(H,14,16). The molecule has 0 aliphatic rings. The van der Waals surface area contributed by atoms with Crippen LogP contribution in [0, 0.1) is 5.41 Å². The van der Waals surface area contributed by atoms with Crippen molar-refractivity contribution >= 4 is 11.7 Å². The van der Waals surface area contributed by atoms with Crippen LogP contribution >= 0.6 is 0 Å². The van der Waals surface area contributed by atoms with E-state index in [1.807, 2.05) is 0 Å². The van der Waals surface area contributed by atoms with E-state index >= 15 is 0 Å². The smallest absolute Gasteiger partial charge is 0.251 e.